The number of unbranched alkanes of at least 4 members (excludes halogenated alkanes) is 9. The van der Waals surface area contributed by atoms with Crippen LogP contribution in [0.15, 0.2) is 158 Å². The third kappa shape index (κ3) is 19.5. The first-order chi connectivity index (χ1) is 37.6. The Bertz CT molecular complexity index is 2970. The number of benzene rings is 6. The van der Waals surface area contributed by atoms with Crippen molar-refractivity contribution in [1.29, 1.82) is 0 Å². The molecule has 77 heavy (non-hydrogen) atoms. The molecule has 1 N–H and O–H groups in total. The van der Waals surface area contributed by atoms with Crippen LogP contribution in [-0.4, -0.2) is 75.7 Å². The van der Waals surface area contributed by atoms with E-state index < -0.39 is 29.8 Å². The summed E-state index contributed by atoms with van der Waals surface area (Å²) in [5.41, 5.74) is 4.67. The zero-order valence-corrected chi connectivity index (χ0v) is 43.4. The van der Waals surface area contributed by atoms with Gasteiger partial charge in [0, 0.05) is 34.6 Å². The summed E-state index contributed by atoms with van der Waals surface area (Å²) in [6, 6.07) is 34.0. The predicted octanol–water partition coefficient (Wildman–Crippen LogP) is 12.9. The van der Waals surface area contributed by atoms with Crippen LogP contribution in [0.4, 0.5) is 5.69 Å². The van der Waals surface area contributed by atoms with Crippen LogP contribution < -0.4 is 29.1 Å². The van der Waals surface area contributed by atoms with Crippen LogP contribution in [0.5, 0.6) is 28.7 Å². The molecule has 0 spiro atoms. The molecule has 0 aliphatic heterocycles. The molecule has 0 atom stereocenters. The molecular weight excluding hydrogens is 981 g/mol. The molecule has 0 fully saturated rings. The number of nitrogens with zero attached hydrogens (tertiary/aromatic N) is 1. The van der Waals surface area contributed by atoms with Crippen LogP contribution in [0, 0.1) is 0 Å². The number of carbonyl (C=O) groups is 5. The van der Waals surface area contributed by atoms with Gasteiger partial charge in [0.25, 0.3) is 0 Å². The second kappa shape index (κ2) is 31.9. The number of hydrazone groups is 1. The third-order valence-electron chi connectivity index (χ3n) is 11.9. The normalized spacial score (nSPS) is 10.9. The number of rotatable bonds is 34. The standard InChI is InChI=1S/C62H66N2O13/c1-4-57(65)73-38-18-10-7-15-35-70-51-29-24-46(25-30-51)61(68)76-56-42-49(44-63-64-50-28-23-45-21-13-14-22-48(45)41-50)60(54-34-33-53(43-55(54)56)72-37-17-9-12-20-40-75-59(67)6-3)77-62(69)47-26-31-52(32-27-47)71-36-16-8-11-19-39-74-58(66)5-2/h4-6,13-14,21-34,41-44,64H,1-3,7-12,15-20,35-40H2/b63-44+. The Kier molecular flexibility index (Phi) is 23.8. The summed E-state index contributed by atoms with van der Waals surface area (Å²) >= 11 is 0. The number of fused-ring (bicyclic) bond motifs is 2. The first-order valence-electron chi connectivity index (χ1n) is 25.9. The number of ether oxygens (including phenoxy) is 8. The molecule has 6 aromatic rings. The van der Waals surface area contributed by atoms with Crippen molar-refractivity contribution in [3.8, 4) is 28.7 Å². The van der Waals surface area contributed by atoms with Crippen molar-refractivity contribution in [1.82, 2.24) is 0 Å². The van der Waals surface area contributed by atoms with E-state index in [4.69, 9.17) is 37.9 Å². The average Bonchev–Trinajstić information content (AvgIpc) is 3.46. The summed E-state index contributed by atoms with van der Waals surface area (Å²) in [5.74, 6) is -0.605. The highest BCUT2D eigenvalue weighted by atomic mass is 16.6. The highest BCUT2D eigenvalue weighted by Gasteiger charge is 2.21. The molecule has 6 rings (SSSR count). The van der Waals surface area contributed by atoms with E-state index in [0.29, 0.717) is 85.3 Å². The molecule has 15 heteroatoms. The van der Waals surface area contributed by atoms with Crippen molar-refractivity contribution in [2.45, 2.75) is 77.0 Å². The van der Waals surface area contributed by atoms with Crippen LogP contribution >= 0.6 is 0 Å². The van der Waals surface area contributed by atoms with Gasteiger partial charge in [-0.05, 0) is 173 Å². The zero-order chi connectivity index (χ0) is 54.5. The Morgan fingerprint density at radius 1 is 0.442 bits per heavy atom. The Labute approximate surface area is 449 Å². The minimum atomic E-state index is -0.648. The minimum Gasteiger partial charge on any atom is -0.494 e. The van der Waals surface area contributed by atoms with Crippen LogP contribution in [-0.2, 0) is 28.6 Å². The second-order valence-corrected chi connectivity index (χ2v) is 17.7. The SMILES string of the molecule is C=CC(=O)OCCCCCCOc1ccc(C(=O)Oc2cc(/C=N/Nc3ccc4ccccc4c3)c(OC(=O)c3ccc(OCCCCCCOC(=O)C=C)cc3)c3ccc(OCCCCCCOC(=O)C=C)cc23)cc1. The summed E-state index contributed by atoms with van der Waals surface area (Å²) < 4.78 is 45.7. The smallest absolute Gasteiger partial charge is 0.343 e. The van der Waals surface area contributed by atoms with Crippen molar-refractivity contribution >= 4 is 63.3 Å². The number of esters is 5. The molecule has 0 heterocycles. The number of carbonyl (C=O) groups excluding carboxylic acids is 5. The lowest BCUT2D eigenvalue weighted by Crippen LogP contribution is -2.12. The van der Waals surface area contributed by atoms with Crippen molar-refractivity contribution in [2.24, 2.45) is 5.10 Å². The first kappa shape index (κ1) is 57.6. The topological polar surface area (TPSA) is 184 Å². The molecule has 402 valence electrons. The molecule has 0 aliphatic rings. The Hall–Kier alpha value is -8.72. The van der Waals surface area contributed by atoms with Crippen molar-refractivity contribution in [3.63, 3.8) is 0 Å². The van der Waals surface area contributed by atoms with Crippen LogP contribution in [0.1, 0.15) is 103 Å². The fourth-order valence-electron chi connectivity index (χ4n) is 7.81. The van der Waals surface area contributed by atoms with E-state index in [9.17, 15) is 24.0 Å². The van der Waals surface area contributed by atoms with E-state index in [-0.39, 0.29) is 22.6 Å². The molecule has 0 radical (unpaired) electrons. The van der Waals surface area contributed by atoms with Gasteiger partial charge in [-0.15, -0.1) is 0 Å². The molecule has 0 saturated heterocycles. The van der Waals surface area contributed by atoms with Gasteiger partial charge >= 0.3 is 29.8 Å². The molecule has 0 unspecified atom stereocenters. The van der Waals surface area contributed by atoms with Gasteiger partial charge in [0.15, 0.2) is 0 Å². The molecule has 0 saturated carbocycles. The molecule has 0 bridgehead atoms. The lowest BCUT2D eigenvalue weighted by molar-refractivity contribution is -0.138. The van der Waals surface area contributed by atoms with E-state index >= 15 is 0 Å². The van der Waals surface area contributed by atoms with Gasteiger partial charge in [-0.3, -0.25) is 5.43 Å². The van der Waals surface area contributed by atoms with Crippen LogP contribution in [0.3, 0.4) is 0 Å². The fraction of sp³-hybridized carbons (Fsp3) is 0.290. The van der Waals surface area contributed by atoms with Crippen LogP contribution in [0.25, 0.3) is 21.5 Å². The summed E-state index contributed by atoms with van der Waals surface area (Å²) in [4.78, 5) is 62.0. The minimum absolute atomic E-state index is 0.161. The highest BCUT2D eigenvalue weighted by molar-refractivity contribution is 6.05. The number of hydrogen-bond acceptors (Lipinski definition) is 15. The van der Waals surface area contributed by atoms with E-state index in [1.54, 1.807) is 72.8 Å². The van der Waals surface area contributed by atoms with Gasteiger partial charge in [-0.25, -0.2) is 24.0 Å². The van der Waals surface area contributed by atoms with E-state index in [1.165, 1.54) is 6.21 Å². The number of hydrogen-bond donors (Lipinski definition) is 1. The molecule has 0 aromatic heterocycles. The molecule has 0 amide bonds. The summed E-state index contributed by atoms with van der Waals surface area (Å²) in [6.45, 7) is 12.6. The molecular formula is C62H66N2O13. The van der Waals surface area contributed by atoms with Gasteiger partial charge in [0.1, 0.15) is 28.7 Å². The molecule has 15 nitrogen and oxygen atoms in total. The van der Waals surface area contributed by atoms with Gasteiger partial charge in [0.05, 0.1) is 62.7 Å². The van der Waals surface area contributed by atoms with Gasteiger partial charge in [-0.2, -0.15) is 5.10 Å². The van der Waals surface area contributed by atoms with Gasteiger partial charge in [0.2, 0.25) is 0 Å². The van der Waals surface area contributed by atoms with Gasteiger partial charge < -0.3 is 37.9 Å². The molecule has 0 aliphatic carbocycles. The first-order valence-corrected chi connectivity index (χ1v) is 25.9. The maximum atomic E-state index is 14.1. The third-order valence-corrected chi connectivity index (χ3v) is 11.9. The Balaban J connectivity index is 1.21. The predicted molar refractivity (Wildman–Crippen MR) is 297 cm³/mol. The Morgan fingerprint density at radius 3 is 1.40 bits per heavy atom. The lowest BCUT2D eigenvalue weighted by Gasteiger charge is -2.16. The quantitative estimate of drug-likeness (QED) is 0.00766. The largest absolute Gasteiger partial charge is 0.494 e. The average molecular weight is 1050 g/mol. The van der Waals surface area contributed by atoms with E-state index in [1.807, 2.05) is 42.5 Å². The van der Waals surface area contributed by atoms with Gasteiger partial charge in [-0.1, -0.05) is 50.1 Å². The monoisotopic (exact) mass is 1050 g/mol. The van der Waals surface area contributed by atoms with Crippen molar-refractivity contribution in [2.75, 3.05) is 45.1 Å². The summed E-state index contributed by atoms with van der Waals surface area (Å²) in [6.07, 6.45) is 14.7. The molecule has 6 aromatic carbocycles. The maximum absolute atomic E-state index is 14.1. The highest BCUT2D eigenvalue weighted by Crippen LogP contribution is 2.39. The number of nitrogens with one attached hydrogen (secondary N) is 1. The fourth-order valence-corrected chi connectivity index (χ4v) is 7.81. The second-order valence-electron chi connectivity index (χ2n) is 17.7. The van der Waals surface area contributed by atoms with Crippen molar-refractivity contribution in [3.05, 3.63) is 170 Å². The maximum Gasteiger partial charge on any atom is 0.343 e. The zero-order valence-electron chi connectivity index (χ0n) is 43.4. The summed E-state index contributed by atoms with van der Waals surface area (Å²) in [5, 5.41) is 7.52. The van der Waals surface area contributed by atoms with E-state index in [0.717, 1.165) is 99.6 Å². The van der Waals surface area contributed by atoms with Crippen LogP contribution in [0.2, 0.25) is 0 Å². The lowest BCUT2D eigenvalue weighted by atomic mass is 10.0. The van der Waals surface area contributed by atoms with E-state index in [2.05, 4.69) is 30.3 Å². The number of anilines is 1. The Morgan fingerprint density at radius 2 is 0.896 bits per heavy atom. The van der Waals surface area contributed by atoms with Crippen molar-refractivity contribution < 1.29 is 61.9 Å². The summed E-state index contributed by atoms with van der Waals surface area (Å²) in [7, 11) is 0.